The lowest BCUT2D eigenvalue weighted by Gasteiger charge is -2.12. The Morgan fingerprint density at radius 3 is 2.42 bits per heavy atom. The van der Waals surface area contributed by atoms with Gasteiger partial charge in [-0.2, -0.15) is 0 Å². The second kappa shape index (κ2) is 8.24. The Morgan fingerprint density at radius 1 is 1.12 bits per heavy atom. The minimum atomic E-state index is 0.473. The number of oxazole rings is 1. The zero-order chi connectivity index (χ0) is 17.5. The number of benzene rings is 1. The molecule has 7 nitrogen and oxygen atoms in total. The molecular weight excluding hydrogens is 308 g/mol. The van der Waals surface area contributed by atoms with E-state index in [9.17, 15) is 0 Å². The number of rotatable bonds is 6. The Kier molecular flexibility index (Phi) is 6.06. The molecule has 0 spiro atoms. The number of aromatic nitrogens is 1. The van der Waals surface area contributed by atoms with Gasteiger partial charge in [0.15, 0.2) is 17.5 Å². The maximum atomic E-state index is 5.54. The number of guanidine groups is 1. The number of aryl methyl sites for hydroxylation is 2. The van der Waals surface area contributed by atoms with Crippen LogP contribution in [0.25, 0.3) is 0 Å². The van der Waals surface area contributed by atoms with Crippen LogP contribution in [0.5, 0.6) is 11.5 Å². The molecule has 130 valence electrons. The molecule has 0 aliphatic heterocycles. The Morgan fingerprint density at radius 2 is 1.83 bits per heavy atom. The van der Waals surface area contributed by atoms with Crippen molar-refractivity contribution < 1.29 is 13.9 Å². The number of nitrogens with zero attached hydrogens (tertiary/aromatic N) is 2. The van der Waals surface area contributed by atoms with Gasteiger partial charge in [0, 0.05) is 13.6 Å². The third kappa shape index (κ3) is 4.41. The summed E-state index contributed by atoms with van der Waals surface area (Å²) >= 11 is 0. The van der Waals surface area contributed by atoms with E-state index in [1.165, 1.54) is 0 Å². The normalized spacial score (nSPS) is 11.3. The van der Waals surface area contributed by atoms with Crippen LogP contribution in [0.15, 0.2) is 27.6 Å². The predicted octanol–water partition coefficient (Wildman–Crippen LogP) is 2.17. The van der Waals surface area contributed by atoms with Crippen molar-refractivity contribution >= 4 is 5.96 Å². The van der Waals surface area contributed by atoms with Crippen molar-refractivity contribution in [1.82, 2.24) is 15.6 Å². The van der Waals surface area contributed by atoms with Gasteiger partial charge in [0.2, 0.25) is 5.89 Å². The molecule has 7 heteroatoms. The Labute approximate surface area is 142 Å². The van der Waals surface area contributed by atoms with E-state index < -0.39 is 0 Å². The molecule has 2 rings (SSSR count). The molecule has 2 N–H and O–H groups in total. The van der Waals surface area contributed by atoms with Crippen molar-refractivity contribution in [2.45, 2.75) is 26.9 Å². The van der Waals surface area contributed by atoms with Gasteiger partial charge in [-0.15, -0.1) is 0 Å². The summed E-state index contributed by atoms with van der Waals surface area (Å²) in [5.74, 6) is 3.54. The lowest BCUT2D eigenvalue weighted by atomic mass is 10.2. The highest BCUT2D eigenvalue weighted by atomic mass is 16.5. The van der Waals surface area contributed by atoms with Crippen LogP contribution in [0.4, 0.5) is 0 Å². The van der Waals surface area contributed by atoms with Crippen molar-refractivity contribution in [3.05, 3.63) is 41.1 Å². The first kappa shape index (κ1) is 17.7. The van der Waals surface area contributed by atoms with Gasteiger partial charge in [-0.1, -0.05) is 6.07 Å². The van der Waals surface area contributed by atoms with E-state index in [-0.39, 0.29) is 0 Å². The van der Waals surface area contributed by atoms with Crippen LogP contribution in [0.1, 0.15) is 22.9 Å². The van der Waals surface area contributed by atoms with Crippen LogP contribution in [0.2, 0.25) is 0 Å². The summed E-state index contributed by atoms with van der Waals surface area (Å²) in [6.07, 6.45) is 0. The van der Waals surface area contributed by atoms with Crippen LogP contribution in [0.3, 0.4) is 0 Å². The minimum Gasteiger partial charge on any atom is -0.493 e. The van der Waals surface area contributed by atoms with Crippen molar-refractivity contribution in [2.75, 3.05) is 21.3 Å². The molecule has 0 aliphatic carbocycles. The zero-order valence-electron chi connectivity index (χ0n) is 14.8. The van der Waals surface area contributed by atoms with E-state index in [1.54, 1.807) is 21.3 Å². The highest BCUT2D eigenvalue weighted by Crippen LogP contribution is 2.27. The van der Waals surface area contributed by atoms with Gasteiger partial charge in [-0.3, -0.25) is 4.99 Å². The summed E-state index contributed by atoms with van der Waals surface area (Å²) in [4.78, 5) is 8.53. The monoisotopic (exact) mass is 332 g/mol. The minimum absolute atomic E-state index is 0.473. The molecule has 0 aliphatic rings. The SMILES string of the molecule is CN=C(NCc1ccc(OC)c(OC)c1)NCc1nc(C)c(C)o1. The van der Waals surface area contributed by atoms with Crippen molar-refractivity contribution in [1.29, 1.82) is 0 Å². The highest BCUT2D eigenvalue weighted by Gasteiger charge is 2.08. The van der Waals surface area contributed by atoms with Gasteiger partial charge in [-0.05, 0) is 31.5 Å². The van der Waals surface area contributed by atoms with Crippen LogP contribution < -0.4 is 20.1 Å². The maximum absolute atomic E-state index is 5.54. The third-order valence-corrected chi connectivity index (χ3v) is 3.61. The predicted molar refractivity (Wildman–Crippen MR) is 92.6 cm³/mol. The van der Waals surface area contributed by atoms with Gasteiger partial charge in [0.05, 0.1) is 26.5 Å². The van der Waals surface area contributed by atoms with E-state index in [0.29, 0.717) is 36.4 Å². The quantitative estimate of drug-likeness (QED) is 0.623. The van der Waals surface area contributed by atoms with E-state index in [4.69, 9.17) is 13.9 Å². The first-order chi connectivity index (χ1) is 11.6. The largest absolute Gasteiger partial charge is 0.493 e. The summed E-state index contributed by atoms with van der Waals surface area (Å²) in [6.45, 7) is 4.90. The Bertz CT molecular complexity index is 690. The lowest BCUT2D eigenvalue weighted by molar-refractivity contribution is 0.354. The molecular formula is C17H24N4O3. The molecule has 0 radical (unpaired) electrons. The number of hydrogen-bond acceptors (Lipinski definition) is 5. The van der Waals surface area contributed by atoms with Crippen molar-refractivity contribution in [3.8, 4) is 11.5 Å². The average Bonchev–Trinajstić information content (AvgIpc) is 2.92. The summed E-state index contributed by atoms with van der Waals surface area (Å²) in [7, 11) is 4.96. The van der Waals surface area contributed by atoms with Gasteiger partial charge in [-0.25, -0.2) is 4.98 Å². The molecule has 24 heavy (non-hydrogen) atoms. The second-order valence-corrected chi connectivity index (χ2v) is 5.22. The molecule has 0 fully saturated rings. The smallest absolute Gasteiger partial charge is 0.214 e. The van der Waals surface area contributed by atoms with Crippen LogP contribution in [-0.4, -0.2) is 32.2 Å². The molecule has 0 bridgehead atoms. The van der Waals surface area contributed by atoms with Gasteiger partial charge in [0.1, 0.15) is 5.76 Å². The lowest BCUT2D eigenvalue weighted by Crippen LogP contribution is -2.36. The summed E-state index contributed by atoms with van der Waals surface area (Å²) in [6, 6.07) is 5.78. The highest BCUT2D eigenvalue weighted by molar-refractivity contribution is 5.79. The number of aliphatic imine (C=N–C) groups is 1. The Hall–Kier alpha value is -2.70. The molecule has 0 saturated heterocycles. The van der Waals surface area contributed by atoms with Crippen LogP contribution in [0, 0.1) is 13.8 Å². The third-order valence-electron chi connectivity index (χ3n) is 3.61. The van der Waals surface area contributed by atoms with Gasteiger partial charge < -0.3 is 24.5 Å². The summed E-state index contributed by atoms with van der Waals surface area (Å²) in [5.41, 5.74) is 1.96. The fourth-order valence-electron chi connectivity index (χ4n) is 2.17. The fraction of sp³-hybridized carbons (Fsp3) is 0.412. The van der Waals surface area contributed by atoms with E-state index in [2.05, 4.69) is 20.6 Å². The first-order valence-electron chi connectivity index (χ1n) is 7.65. The second-order valence-electron chi connectivity index (χ2n) is 5.22. The number of hydrogen-bond donors (Lipinski definition) is 2. The van der Waals surface area contributed by atoms with E-state index in [0.717, 1.165) is 17.0 Å². The molecule has 1 aromatic carbocycles. The molecule has 0 amide bonds. The van der Waals surface area contributed by atoms with Gasteiger partial charge >= 0.3 is 0 Å². The first-order valence-corrected chi connectivity index (χ1v) is 7.65. The zero-order valence-corrected chi connectivity index (χ0v) is 14.8. The molecule has 1 aromatic heterocycles. The molecule has 0 saturated carbocycles. The van der Waals surface area contributed by atoms with Crippen molar-refractivity contribution in [3.63, 3.8) is 0 Å². The topological polar surface area (TPSA) is 80.9 Å². The van der Waals surface area contributed by atoms with Crippen LogP contribution in [-0.2, 0) is 13.1 Å². The molecule has 1 heterocycles. The maximum Gasteiger partial charge on any atom is 0.214 e. The number of nitrogens with one attached hydrogen (secondary N) is 2. The molecule has 0 unspecified atom stereocenters. The summed E-state index contributed by atoms with van der Waals surface area (Å²) in [5, 5.41) is 6.41. The molecule has 0 atom stereocenters. The van der Waals surface area contributed by atoms with Crippen molar-refractivity contribution in [2.24, 2.45) is 4.99 Å². The number of methoxy groups -OCH3 is 2. The van der Waals surface area contributed by atoms with E-state index in [1.807, 2.05) is 32.0 Å². The van der Waals surface area contributed by atoms with E-state index >= 15 is 0 Å². The molecule has 2 aromatic rings. The Balaban J connectivity index is 1.91. The average molecular weight is 332 g/mol. The number of ether oxygens (including phenoxy) is 2. The van der Waals surface area contributed by atoms with Crippen LogP contribution >= 0.6 is 0 Å². The van der Waals surface area contributed by atoms with Gasteiger partial charge in [0.25, 0.3) is 0 Å². The standard InChI is InChI=1S/C17H24N4O3/c1-11-12(2)24-16(21-11)10-20-17(18-3)19-9-13-6-7-14(22-4)15(8-13)23-5/h6-8H,9-10H2,1-5H3,(H2,18,19,20). The fourth-order valence-corrected chi connectivity index (χ4v) is 2.17. The summed E-state index contributed by atoms with van der Waals surface area (Å²) < 4.78 is 16.1.